The summed E-state index contributed by atoms with van der Waals surface area (Å²) in [6, 6.07) is 29.8. The Balaban J connectivity index is 1.22. The van der Waals surface area contributed by atoms with E-state index >= 15 is 0 Å². The summed E-state index contributed by atoms with van der Waals surface area (Å²) in [5.74, 6) is 1.72. The smallest absolute Gasteiger partial charge is 0.320 e. The minimum absolute atomic E-state index is 0.0436. The minimum atomic E-state index is -2.90. The predicted molar refractivity (Wildman–Crippen MR) is 209 cm³/mol. The molecule has 3 aromatic carbocycles. The third-order valence-electron chi connectivity index (χ3n) is 9.42. The van der Waals surface area contributed by atoms with Gasteiger partial charge in [0.15, 0.2) is 5.82 Å². The normalized spacial score (nSPS) is 14.3. The zero-order valence-corrected chi connectivity index (χ0v) is 32.0. The minimum Gasteiger partial charge on any atom is -0.533 e. The SMILES string of the molecule is Cc1sc2c(c1C)C(c1ccc(Cl)cc1)=N[C@@H](CC(=O)Nc1cncc(O[Si](c3ccccc3)(c3ccccc3)C(C)(C)C)c1)c1nnc(C)n1-2. The molecule has 0 fully saturated rings. The van der Waals surface area contributed by atoms with Crippen LogP contribution in [-0.4, -0.2) is 39.7 Å². The van der Waals surface area contributed by atoms with Crippen LogP contribution in [0.4, 0.5) is 5.69 Å². The second-order valence-electron chi connectivity index (χ2n) is 13.8. The summed E-state index contributed by atoms with van der Waals surface area (Å²) in [5.41, 5.74) is 4.41. The Kier molecular flexibility index (Phi) is 9.26. The molecule has 1 N–H and O–H groups in total. The fourth-order valence-corrected chi connectivity index (χ4v) is 12.6. The summed E-state index contributed by atoms with van der Waals surface area (Å²) in [6.07, 6.45) is 3.40. The van der Waals surface area contributed by atoms with Crippen LogP contribution >= 0.6 is 22.9 Å². The van der Waals surface area contributed by atoms with Crippen LogP contribution in [0.3, 0.4) is 0 Å². The Bertz CT molecular complexity index is 2210. The highest BCUT2D eigenvalue weighted by atomic mass is 35.5. The highest BCUT2D eigenvalue weighted by Gasteiger charge is 2.52. The quantitative estimate of drug-likeness (QED) is 0.160. The van der Waals surface area contributed by atoms with E-state index in [1.807, 2.05) is 54.0 Å². The third-order valence-corrected chi connectivity index (χ3v) is 15.8. The molecule has 0 bridgehead atoms. The number of carbonyl (C=O) groups excluding carboxylic acids is 1. The maximum absolute atomic E-state index is 13.9. The van der Waals surface area contributed by atoms with Crippen LogP contribution in [0.25, 0.3) is 5.00 Å². The van der Waals surface area contributed by atoms with Crippen molar-refractivity contribution >= 4 is 58.9 Å². The number of amides is 1. The van der Waals surface area contributed by atoms with Gasteiger partial charge in [0.2, 0.25) is 5.91 Å². The van der Waals surface area contributed by atoms with Crippen molar-refractivity contribution in [3.8, 4) is 10.8 Å². The number of aryl methyl sites for hydroxylation is 2. The number of aromatic nitrogens is 4. The molecule has 8 nitrogen and oxygen atoms in total. The molecule has 6 aromatic rings. The van der Waals surface area contributed by atoms with Crippen molar-refractivity contribution in [3.05, 3.63) is 142 Å². The van der Waals surface area contributed by atoms with E-state index in [0.29, 0.717) is 22.3 Å². The lowest BCUT2D eigenvalue weighted by Crippen LogP contribution is -2.68. The highest BCUT2D eigenvalue weighted by molar-refractivity contribution is 7.15. The molecule has 0 saturated heterocycles. The van der Waals surface area contributed by atoms with Gasteiger partial charge in [-0.3, -0.25) is 19.3 Å². The summed E-state index contributed by atoms with van der Waals surface area (Å²) in [7, 11) is -2.90. The van der Waals surface area contributed by atoms with Gasteiger partial charge in [-0.1, -0.05) is 105 Å². The number of benzene rings is 3. The van der Waals surface area contributed by atoms with Crippen LogP contribution in [0.5, 0.6) is 5.75 Å². The fraction of sp³-hybridized carbons (Fsp3) is 0.225. The second-order valence-corrected chi connectivity index (χ2v) is 19.7. The summed E-state index contributed by atoms with van der Waals surface area (Å²) in [5, 5.41) is 15.8. The van der Waals surface area contributed by atoms with Crippen LogP contribution in [0.1, 0.15) is 66.5 Å². The number of nitrogens with one attached hydrogen (secondary N) is 1. The molecule has 1 aliphatic heterocycles. The third kappa shape index (κ3) is 6.43. The van der Waals surface area contributed by atoms with Crippen molar-refractivity contribution in [1.82, 2.24) is 19.7 Å². The van der Waals surface area contributed by atoms with Crippen LogP contribution < -0.4 is 20.1 Å². The van der Waals surface area contributed by atoms with Gasteiger partial charge in [0.1, 0.15) is 22.6 Å². The molecule has 258 valence electrons. The van der Waals surface area contributed by atoms with Crippen molar-refractivity contribution in [3.63, 3.8) is 0 Å². The van der Waals surface area contributed by atoms with Gasteiger partial charge < -0.3 is 9.74 Å². The van der Waals surface area contributed by atoms with Crippen molar-refractivity contribution < 1.29 is 9.22 Å². The second kappa shape index (κ2) is 13.7. The number of aliphatic imine (C=N–C) groups is 1. The molecule has 0 unspecified atom stereocenters. The van der Waals surface area contributed by atoms with Gasteiger partial charge in [-0.2, -0.15) is 0 Å². The summed E-state index contributed by atoms with van der Waals surface area (Å²) >= 11 is 7.95. The van der Waals surface area contributed by atoms with E-state index in [1.165, 1.54) is 4.88 Å². The van der Waals surface area contributed by atoms with Gasteiger partial charge in [-0.15, -0.1) is 21.5 Å². The lowest BCUT2D eigenvalue weighted by atomic mass is 9.99. The monoisotopic (exact) mass is 730 g/mol. The molecular weight excluding hydrogens is 692 g/mol. The van der Waals surface area contributed by atoms with Gasteiger partial charge in [0.05, 0.1) is 30.2 Å². The van der Waals surface area contributed by atoms with Crippen LogP contribution in [0, 0.1) is 20.8 Å². The molecule has 0 aliphatic carbocycles. The van der Waals surface area contributed by atoms with Gasteiger partial charge in [-0.25, -0.2) is 0 Å². The van der Waals surface area contributed by atoms with Crippen molar-refractivity contribution in [2.45, 2.75) is 59.0 Å². The number of rotatable bonds is 8. The van der Waals surface area contributed by atoms with E-state index in [0.717, 1.165) is 43.6 Å². The Labute approximate surface area is 308 Å². The molecule has 0 saturated carbocycles. The first kappa shape index (κ1) is 34.5. The molecule has 4 heterocycles. The Morgan fingerprint density at radius 2 is 1.57 bits per heavy atom. The topological polar surface area (TPSA) is 94.3 Å². The van der Waals surface area contributed by atoms with Gasteiger partial charge >= 0.3 is 8.32 Å². The molecule has 0 radical (unpaired) electrons. The number of thiophene rings is 1. The Hall–Kier alpha value is -4.90. The molecule has 1 aliphatic rings. The zero-order chi connectivity index (χ0) is 35.9. The van der Waals surface area contributed by atoms with E-state index in [1.54, 1.807) is 23.7 Å². The maximum Gasteiger partial charge on any atom is 0.320 e. The number of pyridine rings is 1. The molecule has 7 rings (SSSR count). The van der Waals surface area contributed by atoms with Gasteiger partial charge in [0.25, 0.3) is 0 Å². The number of hydrogen-bond donors (Lipinski definition) is 1. The van der Waals surface area contributed by atoms with Crippen molar-refractivity contribution in [2.75, 3.05) is 5.32 Å². The van der Waals surface area contributed by atoms with Crippen molar-refractivity contribution in [2.24, 2.45) is 4.99 Å². The fourth-order valence-electron chi connectivity index (χ4n) is 6.89. The summed E-state index contributed by atoms with van der Waals surface area (Å²) in [6.45, 7) is 12.8. The van der Waals surface area contributed by atoms with Crippen LogP contribution in [0.15, 0.2) is 108 Å². The first-order valence-corrected chi connectivity index (χ1v) is 20.0. The molecule has 1 amide bonds. The number of anilines is 1. The molecule has 0 spiro atoms. The number of fused-ring (bicyclic) bond motifs is 3. The average Bonchev–Trinajstić information content (AvgIpc) is 3.59. The van der Waals surface area contributed by atoms with Crippen LogP contribution in [-0.2, 0) is 4.79 Å². The van der Waals surface area contributed by atoms with Gasteiger partial charge in [-0.05, 0) is 53.9 Å². The summed E-state index contributed by atoms with van der Waals surface area (Å²) in [4.78, 5) is 24.9. The summed E-state index contributed by atoms with van der Waals surface area (Å²) < 4.78 is 9.22. The molecule has 3 aromatic heterocycles. The van der Waals surface area contributed by atoms with E-state index < -0.39 is 14.4 Å². The van der Waals surface area contributed by atoms with E-state index in [-0.39, 0.29) is 17.4 Å². The standard InChI is InChI=1S/C40H39ClN6O2SSi/c1-25-26(2)50-39-36(25)37(28-17-19-29(41)20-18-28)44-34(38-46-45-27(3)47(38)39)22-35(48)43-30-21-31(24-42-23-30)49-51(40(4,5)6,32-13-9-7-10-14-32)33-15-11-8-12-16-33/h7-21,23-24,34H,22H2,1-6H3,(H,43,48)/t34-/m0/s1. The van der Waals surface area contributed by atoms with Gasteiger partial charge in [0, 0.05) is 27.1 Å². The molecule has 1 atom stereocenters. The molecular formula is C40H39ClN6O2SSi. The Morgan fingerprint density at radius 3 is 2.20 bits per heavy atom. The lowest BCUT2D eigenvalue weighted by Gasteiger charge is -2.42. The first-order valence-electron chi connectivity index (χ1n) is 16.9. The molecule has 11 heteroatoms. The molecule has 51 heavy (non-hydrogen) atoms. The number of nitrogens with zero attached hydrogens (tertiary/aromatic N) is 5. The first-order chi connectivity index (χ1) is 24.5. The predicted octanol–water partition coefficient (Wildman–Crippen LogP) is 8.16. The Morgan fingerprint density at radius 1 is 0.922 bits per heavy atom. The van der Waals surface area contributed by atoms with E-state index in [2.05, 4.69) is 104 Å². The number of hydrogen-bond acceptors (Lipinski definition) is 7. The van der Waals surface area contributed by atoms with Crippen LogP contribution in [0.2, 0.25) is 10.1 Å². The van der Waals surface area contributed by atoms with E-state index in [4.69, 9.17) is 21.0 Å². The van der Waals surface area contributed by atoms with E-state index in [9.17, 15) is 4.79 Å². The van der Waals surface area contributed by atoms with Crippen molar-refractivity contribution in [1.29, 1.82) is 0 Å². The number of halogens is 1. The lowest BCUT2D eigenvalue weighted by molar-refractivity contribution is -0.116. The average molecular weight is 731 g/mol. The largest absolute Gasteiger partial charge is 0.533 e. The number of carbonyl (C=O) groups is 1. The zero-order valence-electron chi connectivity index (χ0n) is 29.4. The highest BCUT2D eigenvalue weighted by Crippen LogP contribution is 2.40. The maximum atomic E-state index is 13.9.